The van der Waals surface area contributed by atoms with E-state index in [1.165, 1.54) is 11.6 Å². The molecular weight excluding hydrogens is 349 g/mol. The largest absolute Gasteiger partial charge is 0.433 e. The van der Waals surface area contributed by atoms with Crippen molar-refractivity contribution in [2.45, 2.75) is 17.8 Å². The number of hydrogen-bond donors (Lipinski definition) is 0. The Balaban J connectivity index is 1.67. The van der Waals surface area contributed by atoms with Gasteiger partial charge in [0.05, 0.1) is 5.56 Å². The molecule has 0 saturated carbocycles. The molecule has 1 atom stereocenters. The quantitative estimate of drug-likeness (QED) is 0.789. The number of aromatic nitrogens is 1. The van der Waals surface area contributed by atoms with Crippen molar-refractivity contribution in [1.82, 2.24) is 9.88 Å². The molecule has 0 unspecified atom stereocenters. The number of carbonyl (C=O) groups is 1. The van der Waals surface area contributed by atoms with Crippen LogP contribution >= 0.6 is 11.8 Å². The van der Waals surface area contributed by atoms with Gasteiger partial charge in [0.25, 0.3) is 5.91 Å². The minimum Gasteiger partial charge on any atom is -0.338 e. The Morgan fingerprint density at radius 2 is 1.88 bits per heavy atom. The lowest BCUT2D eigenvalue weighted by Crippen LogP contribution is -2.33. The van der Waals surface area contributed by atoms with Gasteiger partial charge in [-0.25, -0.2) is 0 Å². The molecule has 1 aliphatic heterocycles. The lowest BCUT2D eigenvalue weighted by atomic mass is 10.1. The molecule has 1 aromatic carbocycles. The van der Waals surface area contributed by atoms with E-state index < -0.39 is 11.9 Å². The van der Waals surface area contributed by atoms with Crippen molar-refractivity contribution in [3.8, 4) is 0 Å². The number of amides is 1. The standard InChI is InChI=1S/C18H17F3N2OS/c19-18(20,21)16-7-6-14(12-22-16)17(24)23-9-8-15(25-11-10-23)13-4-2-1-3-5-13/h1-7,12,15H,8-11H2/t15-/m0/s1. The van der Waals surface area contributed by atoms with Crippen LogP contribution in [0.4, 0.5) is 13.2 Å². The fraction of sp³-hybridized carbons (Fsp3) is 0.333. The molecule has 1 saturated heterocycles. The maximum atomic E-state index is 12.6. The first-order valence-corrected chi connectivity index (χ1v) is 8.99. The van der Waals surface area contributed by atoms with Gasteiger partial charge in [-0.1, -0.05) is 30.3 Å². The van der Waals surface area contributed by atoms with E-state index in [2.05, 4.69) is 17.1 Å². The highest BCUT2D eigenvalue weighted by atomic mass is 32.2. The van der Waals surface area contributed by atoms with Crippen molar-refractivity contribution in [1.29, 1.82) is 0 Å². The van der Waals surface area contributed by atoms with Crippen molar-refractivity contribution >= 4 is 17.7 Å². The lowest BCUT2D eigenvalue weighted by Gasteiger charge is -2.20. The molecule has 2 aromatic rings. The monoisotopic (exact) mass is 366 g/mol. The van der Waals surface area contributed by atoms with Crippen molar-refractivity contribution in [3.63, 3.8) is 0 Å². The molecule has 0 N–H and O–H groups in total. The van der Waals surface area contributed by atoms with Crippen molar-refractivity contribution in [2.24, 2.45) is 0 Å². The average Bonchev–Trinajstić information content (AvgIpc) is 2.87. The topological polar surface area (TPSA) is 33.2 Å². The summed E-state index contributed by atoms with van der Waals surface area (Å²) in [4.78, 5) is 17.6. The normalized spacial score (nSPS) is 18.7. The first-order chi connectivity index (χ1) is 11.9. The molecule has 1 aromatic heterocycles. The third-order valence-electron chi connectivity index (χ3n) is 4.10. The summed E-state index contributed by atoms with van der Waals surface area (Å²) in [5, 5.41) is 0.324. The van der Waals surface area contributed by atoms with Crippen LogP contribution in [0.15, 0.2) is 48.7 Å². The molecule has 1 fully saturated rings. The van der Waals surface area contributed by atoms with E-state index >= 15 is 0 Å². The smallest absolute Gasteiger partial charge is 0.338 e. The summed E-state index contributed by atoms with van der Waals surface area (Å²) in [6.07, 6.45) is -2.67. The van der Waals surface area contributed by atoms with Gasteiger partial charge >= 0.3 is 6.18 Å². The van der Waals surface area contributed by atoms with Gasteiger partial charge in [0, 0.05) is 30.3 Å². The second kappa shape index (κ2) is 7.47. The van der Waals surface area contributed by atoms with E-state index in [0.29, 0.717) is 18.3 Å². The van der Waals surface area contributed by atoms with E-state index in [4.69, 9.17) is 0 Å². The second-order valence-corrected chi connectivity index (χ2v) is 7.09. The van der Waals surface area contributed by atoms with Crippen LogP contribution in [0, 0.1) is 0 Å². The van der Waals surface area contributed by atoms with Gasteiger partial charge in [0.2, 0.25) is 0 Å². The first-order valence-electron chi connectivity index (χ1n) is 7.94. The maximum Gasteiger partial charge on any atom is 0.433 e. The summed E-state index contributed by atoms with van der Waals surface area (Å²) in [7, 11) is 0. The molecule has 25 heavy (non-hydrogen) atoms. The highest BCUT2D eigenvalue weighted by Gasteiger charge is 2.32. The number of hydrogen-bond acceptors (Lipinski definition) is 3. The van der Waals surface area contributed by atoms with E-state index in [-0.39, 0.29) is 11.5 Å². The van der Waals surface area contributed by atoms with Gasteiger partial charge in [-0.2, -0.15) is 24.9 Å². The molecule has 0 spiro atoms. The summed E-state index contributed by atoms with van der Waals surface area (Å²) in [5.74, 6) is 0.523. The highest BCUT2D eigenvalue weighted by molar-refractivity contribution is 7.99. The van der Waals surface area contributed by atoms with Crippen LogP contribution in [0.2, 0.25) is 0 Å². The van der Waals surface area contributed by atoms with Gasteiger partial charge in [-0.3, -0.25) is 9.78 Å². The fourth-order valence-corrected chi connectivity index (χ4v) is 4.01. The van der Waals surface area contributed by atoms with Gasteiger partial charge < -0.3 is 4.90 Å². The van der Waals surface area contributed by atoms with E-state index in [1.807, 2.05) is 18.2 Å². The summed E-state index contributed by atoms with van der Waals surface area (Å²) in [6.45, 7) is 1.15. The summed E-state index contributed by atoms with van der Waals surface area (Å²) in [5.41, 5.74) is 0.439. The molecule has 3 rings (SSSR count). The third kappa shape index (κ3) is 4.34. The summed E-state index contributed by atoms with van der Waals surface area (Å²) in [6, 6.07) is 12.2. The molecule has 7 heteroatoms. The van der Waals surface area contributed by atoms with Gasteiger partial charge in [-0.05, 0) is 24.1 Å². The molecule has 0 aliphatic carbocycles. The minimum absolute atomic E-state index is 0.191. The molecule has 132 valence electrons. The molecule has 3 nitrogen and oxygen atoms in total. The number of thioether (sulfide) groups is 1. The Bertz CT molecular complexity index is 719. The number of rotatable bonds is 2. The van der Waals surface area contributed by atoms with Crippen LogP contribution in [0.3, 0.4) is 0 Å². The Morgan fingerprint density at radius 3 is 2.52 bits per heavy atom. The van der Waals surface area contributed by atoms with Gasteiger partial charge in [0.1, 0.15) is 5.69 Å². The SMILES string of the molecule is O=C(c1ccc(C(F)(F)F)nc1)N1CCS[C@H](c2ccccc2)CC1. The van der Waals surface area contributed by atoms with Crippen LogP contribution in [-0.2, 0) is 6.18 Å². The number of pyridine rings is 1. The van der Waals surface area contributed by atoms with Crippen molar-refractivity contribution in [2.75, 3.05) is 18.8 Å². The second-order valence-electron chi connectivity index (χ2n) is 5.78. The predicted octanol–water partition coefficient (Wildman–Crippen LogP) is 4.42. The van der Waals surface area contributed by atoms with Crippen molar-refractivity contribution in [3.05, 3.63) is 65.5 Å². The Hall–Kier alpha value is -2.02. The van der Waals surface area contributed by atoms with Crippen LogP contribution in [0.5, 0.6) is 0 Å². The molecule has 2 heterocycles. The van der Waals surface area contributed by atoms with E-state index in [0.717, 1.165) is 24.4 Å². The zero-order valence-corrected chi connectivity index (χ0v) is 14.2. The maximum absolute atomic E-state index is 12.6. The zero-order valence-electron chi connectivity index (χ0n) is 13.4. The lowest BCUT2D eigenvalue weighted by molar-refractivity contribution is -0.141. The number of alkyl halides is 3. The van der Waals surface area contributed by atoms with Crippen molar-refractivity contribution < 1.29 is 18.0 Å². The van der Waals surface area contributed by atoms with Crippen LogP contribution < -0.4 is 0 Å². The molecule has 0 radical (unpaired) electrons. The summed E-state index contributed by atoms with van der Waals surface area (Å²) >= 11 is 1.80. The zero-order chi connectivity index (χ0) is 17.9. The van der Waals surface area contributed by atoms with E-state index in [9.17, 15) is 18.0 Å². The molecule has 0 bridgehead atoms. The number of nitrogens with zero attached hydrogens (tertiary/aromatic N) is 2. The number of halogens is 3. The first kappa shape index (κ1) is 17.8. The third-order valence-corrected chi connectivity index (χ3v) is 5.43. The van der Waals surface area contributed by atoms with E-state index in [1.54, 1.807) is 16.7 Å². The highest BCUT2D eigenvalue weighted by Crippen LogP contribution is 2.34. The van der Waals surface area contributed by atoms with Crippen LogP contribution in [0.25, 0.3) is 0 Å². The fourth-order valence-electron chi connectivity index (χ4n) is 2.78. The van der Waals surface area contributed by atoms with Gasteiger partial charge in [-0.15, -0.1) is 0 Å². The Kier molecular flexibility index (Phi) is 5.32. The Morgan fingerprint density at radius 1 is 1.12 bits per heavy atom. The molecule has 1 aliphatic rings. The summed E-state index contributed by atoms with van der Waals surface area (Å²) < 4.78 is 37.7. The number of benzene rings is 1. The molecular formula is C18H17F3N2OS. The van der Waals surface area contributed by atoms with Gasteiger partial charge in [0.15, 0.2) is 0 Å². The van der Waals surface area contributed by atoms with Crippen LogP contribution in [0.1, 0.15) is 33.3 Å². The van der Waals surface area contributed by atoms with Crippen LogP contribution in [-0.4, -0.2) is 34.6 Å². The minimum atomic E-state index is -4.50. The average molecular weight is 366 g/mol. The predicted molar refractivity (Wildman–Crippen MR) is 91.4 cm³/mol. The molecule has 1 amide bonds. The number of carbonyl (C=O) groups excluding carboxylic acids is 1. The Labute approximate surface area is 148 Å².